The van der Waals surface area contributed by atoms with Crippen molar-refractivity contribution >= 4 is 22.4 Å². The van der Waals surface area contributed by atoms with Gasteiger partial charge >= 0.3 is 0 Å². The second-order valence-corrected chi connectivity index (χ2v) is 7.57. The van der Waals surface area contributed by atoms with Gasteiger partial charge in [0.05, 0.1) is 5.69 Å². The topological polar surface area (TPSA) is 36.4 Å². The maximum absolute atomic E-state index is 13.7. The van der Waals surface area contributed by atoms with Gasteiger partial charge in [-0.3, -0.25) is 9.69 Å². The summed E-state index contributed by atoms with van der Waals surface area (Å²) in [7, 11) is 0. The molecule has 0 saturated carbocycles. The summed E-state index contributed by atoms with van der Waals surface area (Å²) in [5.41, 5.74) is 2.19. The van der Waals surface area contributed by atoms with Crippen LogP contribution in [0.4, 0.5) is 9.52 Å². The van der Waals surface area contributed by atoms with Crippen LogP contribution in [0.15, 0.2) is 60.0 Å². The van der Waals surface area contributed by atoms with Gasteiger partial charge in [-0.1, -0.05) is 50.2 Å². The molecule has 0 spiro atoms. The van der Waals surface area contributed by atoms with Gasteiger partial charge in [0.1, 0.15) is 5.82 Å². The third-order valence-electron chi connectivity index (χ3n) is 4.86. The van der Waals surface area contributed by atoms with Crippen molar-refractivity contribution in [1.82, 2.24) is 9.88 Å². The van der Waals surface area contributed by atoms with Crippen molar-refractivity contribution in [2.24, 2.45) is 0 Å². The van der Waals surface area contributed by atoms with E-state index in [0.717, 1.165) is 37.3 Å². The lowest BCUT2D eigenvalue weighted by Gasteiger charge is -2.23. The summed E-state index contributed by atoms with van der Waals surface area (Å²) in [6.07, 6.45) is 0.822. The first-order valence-corrected chi connectivity index (χ1v) is 10.8. The molecule has 1 aromatic heterocycles. The standard InChI is InChI=1S/C23H26FN3OS/c1-3-26(4-2)14-9-15-27(22(28)19-12-8-13-20(24)16-19)23-25-21(17-29-23)18-10-6-5-7-11-18/h5-8,10-13,16-17H,3-4,9,14-15H2,1-2H3. The molecule has 4 nitrogen and oxygen atoms in total. The Morgan fingerprint density at radius 2 is 1.79 bits per heavy atom. The van der Waals surface area contributed by atoms with Crippen molar-refractivity contribution in [1.29, 1.82) is 0 Å². The Bertz CT molecular complexity index is 925. The summed E-state index contributed by atoms with van der Waals surface area (Å²) in [5.74, 6) is -0.638. The molecule has 0 N–H and O–H groups in total. The number of benzene rings is 2. The summed E-state index contributed by atoms with van der Waals surface area (Å²) < 4.78 is 13.7. The molecule has 0 atom stereocenters. The molecule has 29 heavy (non-hydrogen) atoms. The number of amides is 1. The van der Waals surface area contributed by atoms with Crippen LogP contribution in [0.5, 0.6) is 0 Å². The summed E-state index contributed by atoms with van der Waals surface area (Å²) in [5, 5.41) is 2.60. The van der Waals surface area contributed by atoms with Crippen LogP contribution in [-0.2, 0) is 0 Å². The predicted octanol–water partition coefficient (Wildman–Crippen LogP) is 5.33. The highest BCUT2D eigenvalue weighted by Crippen LogP contribution is 2.28. The smallest absolute Gasteiger partial charge is 0.260 e. The minimum absolute atomic E-state index is 0.224. The highest BCUT2D eigenvalue weighted by atomic mass is 32.1. The minimum Gasteiger partial charge on any atom is -0.304 e. The van der Waals surface area contributed by atoms with Crippen LogP contribution in [0, 0.1) is 5.82 Å². The Hall–Kier alpha value is -2.57. The molecule has 3 aromatic rings. The van der Waals surface area contributed by atoms with E-state index in [1.54, 1.807) is 17.0 Å². The minimum atomic E-state index is -0.414. The van der Waals surface area contributed by atoms with Crippen molar-refractivity contribution in [2.45, 2.75) is 20.3 Å². The molecule has 0 radical (unpaired) electrons. The molecule has 1 heterocycles. The first-order chi connectivity index (χ1) is 14.1. The number of rotatable bonds is 9. The van der Waals surface area contributed by atoms with Crippen molar-refractivity contribution in [3.63, 3.8) is 0 Å². The van der Waals surface area contributed by atoms with Gasteiger partial charge in [-0.05, 0) is 44.3 Å². The van der Waals surface area contributed by atoms with Crippen molar-refractivity contribution in [3.05, 3.63) is 71.4 Å². The van der Waals surface area contributed by atoms with E-state index >= 15 is 0 Å². The maximum Gasteiger partial charge on any atom is 0.260 e. The fraction of sp³-hybridized carbons (Fsp3) is 0.304. The molecule has 0 saturated heterocycles. The Labute approximate surface area is 175 Å². The van der Waals surface area contributed by atoms with Crippen LogP contribution < -0.4 is 4.90 Å². The number of halogens is 1. The lowest BCUT2D eigenvalue weighted by atomic mass is 10.2. The zero-order chi connectivity index (χ0) is 20.6. The van der Waals surface area contributed by atoms with E-state index in [0.29, 0.717) is 17.2 Å². The van der Waals surface area contributed by atoms with E-state index in [-0.39, 0.29) is 5.91 Å². The van der Waals surface area contributed by atoms with E-state index in [1.165, 1.54) is 23.5 Å². The van der Waals surface area contributed by atoms with Crippen LogP contribution in [-0.4, -0.2) is 42.0 Å². The van der Waals surface area contributed by atoms with E-state index in [2.05, 4.69) is 18.7 Å². The Kier molecular flexibility index (Phi) is 7.49. The van der Waals surface area contributed by atoms with Crippen molar-refractivity contribution < 1.29 is 9.18 Å². The van der Waals surface area contributed by atoms with Gasteiger partial charge in [-0.25, -0.2) is 9.37 Å². The molecule has 0 aliphatic heterocycles. The average molecular weight is 412 g/mol. The van der Waals surface area contributed by atoms with Gasteiger partial charge < -0.3 is 4.90 Å². The van der Waals surface area contributed by atoms with Crippen LogP contribution in [0.25, 0.3) is 11.3 Å². The van der Waals surface area contributed by atoms with Gasteiger partial charge in [-0.2, -0.15) is 0 Å². The van der Waals surface area contributed by atoms with E-state index in [1.807, 2.05) is 35.7 Å². The first kappa shape index (κ1) is 21.1. The summed E-state index contributed by atoms with van der Waals surface area (Å²) >= 11 is 1.44. The summed E-state index contributed by atoms with van der Waals surface area (Å²) in [6, 6.07) is 15.7. The van der Waals surface area contributed by atoms with Gasteiger partial charge in [-0.15, -0.1) is 11.3 Å². The summed E-state index contributed by atoms with van der Waals surface area (Å²) in [6.45, 7) is 7.65. The number of hydrogen-bond donors (Lipinski definition) is 0. The predicted molar refractivity (Wildman–Crippen MR) is 118 cm³/mol. The number of anilines is 1. The molecule has 2 aromatic carbocycles. The SMILES string of the molecule is CCN(CC)CCCN(C(=O)c1cccc(F)c1)c1nc(-c2ccccc2)cs1. The lowest BCUT2D eigenvalue weighted by molar-refractivity contribution is 0.0985. The van der Waals surface area contributed by atoms with Crippen LogP contribution in [0.2, 0.25) is 0 Å². The maximum atomic E-state index is 13.7. The van der Waals surface area contributed by atoms with Crippen LogP contribution >= 0.6 is 11.3 Å². The molecule has 0 unspecified atom stereocenters. The molecular weight excluding hydrogens is 385 g/mol. The number of thiazole rings is 1. The fourth-order valence-corrected chi connectivity index (χ4v) is 4.04. The van der Waals surface area contributed by atoms with Crippen LogP contribution in [0.3, 0.4) is 0 Å². The number of carbonyl (C=O) groups is 1. The van der Waals surface area contributed by atoms with E-state index < -0.39 is 5.82 Å². The average Bonchev–Trinajstić information content (AvgIpc) is 3.24. The van der Waals surface area contributed by atoms with Gasteiger partial charge in [0.2, 0.25) is 0 Å². The van der Waals surface area contributed by atoms with E-state index in [4.69, 9.17) is 4.98 Å². The Balaban J connectivity index is 1.84. The Morgan fingerprint density at radius 1 is 1.03 bits per heavy atom. The first-order valence-electron chi connectivity index (χ1n) is 9.93. The zero-order valence-corrected chi connectivity index (χ0v) is 17.7. The van der Waals surface area contributed by atoms with Gasteiger partial charge in [0.15, 0.2) is 5.13 Å². The Morgan fingerprint density at radius 3 is 2.48 bits per heavy atom. The molecule has 0 bridgehead atoms. The number of nitrogens with zero attached hydrogens (tertiary/aromatic N) is 3. The van der Waals surface area contributed by atoms with Gasteiger partial charge in [0, 0.05) is 23.1 Å². The largest absolute Gasteiger partial charge is 0.304 e. The van der Waals surface area contributed by atoms with Crippen LogP contribution in [0.1, 0.15) is 30.6 Å². The quantitative estimate of drug-likeness (QED) is 0.478. The summed E-state index contributed by atoms with van der Waals surface area (Å²) in [4.78, 5) is 21.9. The van der Waals surface area contributed by atoms with Crippen molar-refractivity contribution in [2.75, 3.05) is 31.1 Å². The monoisotopic (exact) mass is 411 g/mol. The van der Waals surface area contributed by atoms with E-state index in [9.17, 15) is 9.18 Å². The molecule has 152 valence electrons. The molecular formula is C23H26FN3OS. The molecule has 0 aliphatic rings. The fourth-order valence-electron chi connectivity index (χ4n) is 3.18. The number of carbonyl (C=O) groups excluding carboxylic acids is 1. The number of aromatic nitrogens is 1. The third-order valence-corrected chi connectivity index (χ3v) is 5.72. The molecule has 0 fully saturated rings. The second kappa shape index (κ2) is 10.3. The normalized spacial score (nSPS) is 11.0. The molecule has 1 amide bonds. The van der Waals surface area contributed by atoms with Gasteiger partial charge in [0.25, 0.3) is 5.91 Å². The highest BCUT2D eigenvalue weighted by Gasteiger charge is 2.21. The highest BCUT2D eigenvalue weighted by molar-refractivity contribution is 7.14. The zero-order valence-electron chi connectivity index (χ0n) is 16.8. The molecule has 6 heteroatoms. The molecule has 0 aliphatic carbocycles. The lowest BCUT2D eigenvalue weighted by Crippen LogP contribution is -2.34. The van der Waals surface area contributed by atoms with Crippen molar-refractivity contribution in [3.8, 4) is 11.3 Å². The second-order valence-electron chi connectivity index (χ2n) is 6.73. The third kappa shape index (κ3) is 5.49. The number of hydrogen-bond acceptors (Lipinski definition) is 4. The molecule has 3 rings (SSSR count).